The third kappa shape index (κ3) is 9.66. The molecule has 0 aliphatic rings. The summed E-state index contributed by atoms with van der Waals surface area (Å²) in [5.74, 6) is -0.845. The van der Waals surface area contributed by atoms with Crippen LogP contribution in [0.5, 0.6) is 0 Å². The van der Waals surface area contributed by atoms with E-state index in [-0.39, 0.29) is 5.57 Å². The van der Waals surface area contributed by atoms with Crippen LogP contribution in [0, 0.1) is 0 Å². The molecule has 0 aromatic carbocycles. The minimum atomic E-state index is -6.43. The summed E-state index contributed by atoms with van der Waals surface area (Å²) < 4.78 is 126. The average Bonchev–Trinajstić information content (AvgIpc) is 2.54. The highest BCUT2D eigenvalue weighted by Gasteiger charge is 2.67. The van der Waals surface area contributed by atoms with Crippen molar-refractivity contribution < 1.29 is 73.1 Å². The SMILES string of the molecule is C=C(C)C(=O)OCCNC(=O)OCC(F)(F)OC(F)(F)OC(F)(F)C(F)(F)OF. The second kappa shape index (κ2) is 9.97. The first kappa shape index (κ1) is 26.7. The van der Waals surface area contributed by atoms with Crippen molar-refractivity contribution in [1.29, 1.82) is 0 Å². The molecule has 17 heteroatoms. The maximum absolute atomic E-state index is 13.1. The van der Waals surface area contributed by atoms with E-state index in [1.807, 2.05) is 4.74 Å². The van der Waals surface area contributed by atoms with Crippen molar-refractivity contribution in [3.05, 3.63) is 12.2 Å². The summed E-state index contributed by atoms with van der Waals surface area (Å²) >= 11 is 0. The molecule has 29 heavy (non-hydrogen) atoms. The number of hydrogen-bond donors (Lipinski definition) is 1. The fourth-order valence-corrected chi connectivity index (χ4v) is 1.10. The molecule has 8 nitrogen and oxygen atoms in total. The van der Waals surface area contributed by atoms with Crippen molar-refractivity contribution in [1.82, 2.24) is 5.32 Å². The van der Waals surface area contributed by atoms with Gasteiger partial charge in [0.25, 0.3) is 0 Å². The summed E-state index contributed by atoms with van der Waals surface area (Å²) in [5.41, 5.74) is 0.00827. The highest BCUT2D eigenvalue weighted by Crippen LogP contribution is 2.42. The number of alkyl halides is 8. The first-order valence-electron chi connectivity index (χ1n) is 6.89. The minimum absolute atomic E-state index is 0.00827. The maximum atomic E-state index is 13.1. The smallest absolute Gasteiger partial charge is 0.460 e. The fourth-order valence-electron chi connectivity index (χ4n) is 1.10. The lowest BCUT2D eigenvalue weighted by Gasteiger charge is -2.28. The predicted molar refractivity (Wildman–Crippen MR) is 69.3 cm³/mol. The number of ether oxygens (including phenoxy) is 4. The number of carbonyl (C=O) groups is 2. The third-order valence-electron chi connectivity index (χ3n) is 2.28. The van der Waals surface area contributed by atoms with Crippen LogP contribution in [0.3, 0.4) is 0 Å². The van der Waals surface area contributed by atoms with Gasteiger partial charge >= 0.3 is 36.7 Å². The van der Waals surface area contributed by atoms with Gasteiger partial charge in [-0.25, -0.2) is 19.1 Å². The molecule has 0 unspecified atom stereocenters. The van der Waals surface area contributed by atoms with E-state index in [2.05, 4.69) is 20.8 Å². The Morgan fingerprint density at radius 2 is 1.48 bits per heavy atom. The van der Waals surface area contributed by atoms with E-state index in [0.29, 0.717) is 0 Å². The molecule has 0 radical (unpaired) electrons. The monoisotopic (exact) mass is 453 g/mol. The van der Waals surface area contributed by atoms with Gasteiger partial charge in [-0.05, 0) is 11.4 Å². The number of carbonyl (C=O) groups excluding carboxylic acids is 2. The normalized spacial score (nSPS) is 13.0. The molecule has 0 saturated heterocycles. The number of hydrogen-bond acceptors (Lipinski definition) is 7. The van der Waals surface area contributed by atoms with E-state index in [9.17, 15) is 49.2 Å². The number of alkyl carbamates (subject to hydrolysis) is 1. The molecule has 0 aromatic heterocycles. The molecule has 170 valence electrons. The molecule has 0 atom stereocenters. The standard InChI is InChI=1S/C12H12F9NO7/c1-6(2)7(23)25-4-3-22-8(24)26-5-9(13,14)27-12(19,20)28-10(15,16)11(17,18)29-21/h1,3-5H2,2H3,(H,22,24). The summed E-state index contributed by atoms with van der Waals surface area (Å²) in [6.45, 7) is 1.27. The highest BCUT2D eigenvalue weighted by molar-refractivity contribution is 5.86. The van der Waals surface area contributed by atoms with Gasteiger partial charge in [-0.3, -0.25) is 0 Å². The lowest BCUT2D eigenvalue weighted by atomic mass is 10.4. The van der Waals surface area contributed by atoms with E-state index < -0.39 is 56.4 Å². The van der Waals surface area contributed by atoms with Gasteiger partial charge in [0.15, 0.2) is 6.61 Å². The average molecular weight is 453 g/mol. The largest absolute Gasteiger partial charge is 0.495 e. The number of halogens is 9. The third-order valence-corrected chi connectivity index (χ3v) is 2.28. The molecule has 0 aliphatic carbocycles. The van der Waals surface area contributed by atoms with E-state index in [4.69, 9.17) is 0 Å². The van der Waals surface area contributed by atoms with Gasteiger partial charge in [-0.15, -0.1) is 13.7 Å². The van der Waals surface area contributed by atoms with Crippen molar-refractivity contribution in [2.45, 2.75) is 31.5 Å². The quantitative estimate of drug-likeness (QED) is 0.160. The summed E-state index contributed by atoms with van der Waals surface area (Å²) in [4.78, 5) is 23.5. The molecule has 1 N–H and O–H groups in total. The molecular weight excluding hydrogens is 441 g/mol. The van der Waals surface area contributed by atoms with Crippen LogP contribution < -0.4 is 5.32 Å². The summed E-state index contributed by atoms with van der Waals surface area (Å²) in [7, 11) is 0. The first-order valence-corrected chi connectivity index (χ1v) is 6.89. The summed E-state index contributed by atoms with van der Waals surface area (Å²) in [6.07, 6.45) is -25.7. The van der Waals surface area contributed by atoms with Gasteiger partial charge in [0, 0.05) is 5.57 Å². The molecule has 0 fully saturated rings. The van der Waals surface area contributed by atoms with Crippen LogP contribution in [0.4, 0.5) is 44.4 Å². The van der Waals surface area contributed by atoms with E-state index in [1.54, 1.807) is 5.32 Å². The second-order valence-corrected chi connectivity index (χ2v) is 4.83. The number of esters is 1. The molecule has 0 heterocycles. The fraction of sp³-hybridized carbons (Fsp3) is 0.667. The zero-order valence-electron chi connectivity index (χ0n) is 14.1. The van der Waals surface area contributed by atoms with E-state index in [1.165, 1.54) is 11.9 Å². The molecular formula is C12H12F9NO7. The van der Waals surface area contributed by atoms with Gasteiger partial charge in [0.2, 0.25) is 0 Å². The Labute approximate surface area is 155 Å². The Bertz CT molecular complexity index is 600. The lowest BCUT2D eigenvalue weighted by molar-refractivity contribution is -0.567. The Morgan fingerprint density at radius 3 is 1.97 bits per heavy atom. The van der Waals surface area contributed by atoms with Crippen LogP contribution >= 0.6 is 0 Å². The van der Waals surface area contributed by atoms with Crippen LogP contribution in [0.15, 0.2) is 12.2 Å². The van der Waals surface area contributed by atoms with Crippen LogP contribution in [-0.2, 0) is 28.7 Å². The highest BCUT2D eigenvalue weighted by atomic mass is 19.4. The molecule has 0 aromatic rings. The van der Waals surface area contributed by atoms with Crippen LogP contribution in [-0.4, -0.2) is 56.4 Å². The molecule has 0 bridgehead atoms. The van der Waals surface area contributed by atoms with Gasteiger partial charge in [-0.2, -0.15) is 26.3 Å². The van der Waals surface area contributed by atoms with E-state index >= 15 is 0 Å². The Hall–Kier alpha value is -2.27. The molecule has 0 aliphatic heterocycles. The van der Waals surface area contributed by atoms with Crippen molar-refractivity contribution in [2.24, 2.45) is 0 Å². The molecule has 0 saturated carbocycles. The molecule has 1 amide bonds. The second-order valence-electron chi connectivity index (χ2n) is 4.83. The lowest BCUT2D eigenvalue weighted by Crippen LogP contribution is -2.50. The maximum Gasteiger partial charge on any atom is 0.495 e. The zero-order chi connectivity index (χ0) is 23.1. The summed E-state index contributed by atoms with van der Waals surface area (Å²) in [6, 6.07) is 0. The predicted octanol–water partition coefficient (Wildman–Crippen LogP) is 3.09. The van der Waals surface area contributed by atoms with E-state index in [0.717, 1.165) is 0 Å². The van der Waals surface area contributed by atoms with Gasteiger partial charge in [0.1, 0.15) is 6.61 Å². The van der Waals surface area contributed by atoms with Gasteiger partial charge in [-0.1, -0.05) is 6.58 Å². The number of nitrogens with one attached hydrogen (secondary N) is 1. The van der Waals surface area contributed by atoms with Crippen LogP contribution in [0.25, 0.3) is 0 Å². The Morgan fingerprint density at radius 1 is 0.931 bits per heavy atom. The summed E-state index contributed by atoms with van der Waals surface area (Å²) in [5, 5.41) is 1.73. The first-order chi connectivity index (χ1) is 12.9. The van der Waals surface area contributed by atoms with Crippen LogP contribution in [0.1, 0.15) is 6.92 Å². The van der Waals surface area contributed by atoms with Gasteiger partial charge in [0.05, 0.1) is 6.54 Å². The van der Waals surface area contributed by atoms with Crippen molar-refractivity contribution in [2.75, 3.05) is 19.8 Å². The molecule has 0 rings (SSSR count). The number of rotatable bonds is 12. The Balaban J connectivity index is 4.54. The minimum Gasteiger partial charge on any atom is -0.460 e. The van der Waals surface area contributed by atoms with Crippen molar-refractivity contribution >= 4 is 12.1 Å². The van der Waals surface area contributed by atoms with Crippen molar-refractivity contribution in [3.63, 3.8) is 0 Å². The number of amides is 1. The van der Waals surface area contributed by atoms with Crippen LogP contribution in [0.2, 0.25) is 0 Å². The van der Waals surface area contributed by atoms with Crippen molar-refractivity contribution in [3.8, 4) is 0 Å². The van der Waals surface area contributed by atoms with Gasteiger partial charge < -0.3 is 14.8 Å². The topological polar surface area (TPSA) is 92.3 Å². The molecule has 0 spiro atoms. The zero-order valence-corrected chi connectivity index (χ0v) is 14.1. The Kier molecular flexibility index (Phi) is 9.19.